The van der Waals surface area contributed by atoms with Crippen LogP contribution < -0.4 is 0 Å². The highest BCUT2D eigenvalue weighted by Crippen LogP contribution is 2.31. The molecule has 1 aliphatic carbocycles. The molecule has 0 atom stereocenters. The average Bonchev–Trinajstić information content (AvgIpc) is 2.43. The van der Waals surface area contributed by atoms with E-state index in [-0.39, 0.29) is 0 Å². The predicted octanol–water partition coefficient (Wildman–Crippen LogP) is 5.19. The van der Waals surface area contributed by atoms with Crippen molar-refractivity contribution in [2.24, 2.45) is 0 Å². The molecule has 1 aromatic rings. The van der Waals surface area contributed by atoms with Crippen molar-refractivity contribution < 1.29 is 4.79 Å². The van der Waals surface area contributed by atoms with E-state index in [4.69, 9.17) is 0 Å². The summed E-state index contributed by atoms with van der Waals surface area (Å²) < 4.78 is 0. The first-order chi connectivity index (χ1) is 9.27. The maximum Gasteiger partial charge on any atom is 0.163 e. The van der Waals surface area contributed by atoms with Gasteiger partial charge in [-0.3, -0.25) is 4.79 Å². The molecule has 102 valence electrons. The second-order valence-electron chi connectivity index (χ2n) is 5.38. The summed E-state index contributed by atoms with van der Waals surface area (Å²) in [5, 5.41) is 0. The molecule has 0 heterocycles. The van der Waals surface area contributed by atoms with Gasteiger partial charge in [-0.15, -0.1) is 0 Å². The highest BCUT2D eigenvalue weighted by atomic mass is 16.1. The quantitative estimate of drug-likeness (QED) is 0.708. The molecule has 0 amide bonds. The Labute approximate surface area is 116 Å². The molecule has 1 nitrogen and oxygen atoms in total. The standard InChI is InChI=1S/C18H24O/c1-3-5-9-14(8-4-2)16-12-6-10-15-11-7-13-17(19)18(15)16/h6,9-10,12H,3-5,7-8,11,13H2,1-2H3/b14-9+. The number of unbranched alkanes of at least 4 members (excludes halogenated alkanes) is 1. The van der Waals surface area contributed by atoms with Crippen LogP contribution in [0.4, 0.5) is 0 Å². The van der Waals surface area contributed by atoms with Crippen LogP contribution >= 0.6 is 0 Å². The van der Waals surface area contributed by atoms with Gasteiger partial charge in [-0.1, -0.05) is 51.0 Å². The normalized spacial score (nSPS) is 15.5. The fourth-order valence-corrected chi connectivity index (χ4v) is 2.90. The van der Waals surface area contributed by atoms with Gasteiger partial charge >= 0.3 is 0 Å². The molecule has 2 rings (SSSR count). The molecule has 1 aliphatic rings. The van der Waals surface area contributed by atoms with Gasteiger partial charge in [-0.05, 0) is 42.4 Å². The SMILES string of the molecule is CCC/C=C(\CCC)c1cccc2c1C(=O)CCC2. The molecule has 0 unspecified atom stereocenters. The molecule has 0 N–H and O–H groups in total. The number of fused-ring (bicyclic) bond motifs is 1. The number of rotatable bonds is 5. The van der Waals surface area contributed by atoms with Crippen molar-refractivity contribution in [1.82, 2.24) is 0 Å². The predicted molar refractivity (Wildman–Crippen MR) is 81.5 cm³/mol. The third-order valence-corrected chi connectivity index (χ3v) is 3.82. The molecular weight excluding hydrogens is 232 g/mol. The number of aryl methyl sites for hydroxylation is 1. The van der Waals surface area contributed by atoms with Gasteiger partial charge in [0.05, 0.1) is 0 Å². The fourth-order valence-electron chi connectivity index (χ4n) is 2.90. The van der Waals surface area contributed by atoms with Crippen molar-refractivity contribution in [1.29, 1.82) is 0 Å². The minimum absolute atomic E-state index is 0.343. The topological polar surface area (TPSA) is 17.1 Å². The zero-order chi connectivity index (χ0) is 13.7. The van der Waals surface area contributed by atoms with Crippen molar-refractivity contribution in [3.63, 3.8) is 0 Å². The molecular formula is C18H24O. The third-order valence-electron chi connectivity index (χ3n) is 3.82. The van der Waals surface area contributed by atoms with E-state index in [2.05, 4.69) is 38.1 Å². The second-order valence-corrected chi connectivity index (χ2v) is 5.38. The van der Waals surface area contributed by atoms with Crippen LogP contribution in [0.15, 0.2) is 24.3 Å². The summed E-state index contributed by atoms with van der Waals surface area (Å²) in [5.74, 6) is 0.343. The van der Waals surface area contributed by atoms with E-state index in [1.807, 2.05) is 0 Å². The van der Waals surface area contributed by atoms with E-state index in [1.54, 1.807) is 0 Å². The van der Waals surface area contributed by atoms with E-state index in [0.29, 0.717) is 5.78 Å². The molecule has 0 radical (unpaired) electrons. The van der Waals surface area contributed by atoms with Crippen LogP contribution in [0.2, 0.25) is 0 Å². The zero-order valence-corrected chi connectivity index (χ0v) is 12.2. The van der Waals surface area contributed by atoms with Crippen molar-refractivity contribution in [2.75, 3.05) is 0 Å². The Morgan fingerprint density at radius 3 is 2.79 bits per heavy atom. The summed E-state index contributed by atoms with van der Waals surface area (Å²) in [5.41, 5.74) is 4.85. The maximum atomic E-state index is 12.3. The minimum Gasteiger partial charge on any atom is -0.294 e. The lowest BCUT2D eigenvalue weighted by Crippen LogP contribution is -2.13. The highest BCUT2D eigenvalue weighted by Gasteiger charge is 2.21. The molecule has 0 bridgehead atoms. The second kappa shape index (κ2) is 6.70. The number of benzene rings is 1. The van der Waals surface area contributed by atoms with Crippen molar-refractivity contribution >= 4 is 11.4 Å². The highest BCUT2D eigenvalue weighted by molar-refractivity contribution is 6.02. The third kappa shape index (κ3) is 3.15. The van der Waals surface area contributed by atoms with E-state index >= 15 is 0 Å². The van der Waals surface area contributed by atoms with Crippen LogP contribution in [0.1, 0.15) is 73.9 Å². The number of Topliss-reactive ketones (excluding diaryl/α,β-unsaturated/α-hetero) is 1. The first kappa shape index (κ1) is 14.0. The van der Waals surface area contributed by atoms with Gasteiger partial charge in [0.15, 0.2) is 5.78 Å². The van der Waals surface area contributed by atoms with Crippen LogP contribution in [-0.4, -0.2) is 5.78 Å². The van der Waals surface area contributed by atoms with Crippen LogP contribution in [0.3, 0.4) is 0 Å². The monoisotopic (exact) mass is 256 g/mol. The molecule has 0 aliphatic heterocycles. The Kier molecular flexibility index (Phi) is 4.95. The lowest BCUT2D eigenvalue weighted by molar-refractivity contribution is 0.0972. The zero-order valence-electron chi connectivity index (χ0n) is 12.2. The van der Waals surface area contributed by atoms with E-state index < -0.39 is 0 Å². The van der Waals surface area contributed by atoms with Crippen LogP contribution in [0.5, 0.6) is 0 Å². The number of hydrogen-bond acceptors (Lipinski definition) is 1. The Balaban J connectivity index is 2.45. The number of allylic oxidation sites excluding steroid dienone is 2. The largest absolute Gasteiger partial charge is 0.294 e. The van der Waals surface area contributed by atoms with Crippen LogP contribution in [-0.2, 0) is 6.42 Å². The van der Waals surface area contributed by atoms with Gasteiger partial charge in [0.1, 0.15) is 0 Å². The first-order valence-corrected chi connectivity index (χ1v) is 7.62. The molecule has 1 aromatic carbocycles. The Morgan fingerprint density at radius 2 is 2.05 bits per heavy atom. The Morgan fingerprint density at radius 1 is 1.21 bits per heavy atom. The van der Waals surface area contributed by atoms with E-state index in [1.165, 1.54) is 16.7 Å². The van der Waals surface area contributed by atoms with Gasteiger partial charge in [-0.2, -0.15) is 0 Å². The summed E-state index contributed by atoms with van der Waals surface area (Å²) >= 11 is 0. The van der Waals surface area contributed by atoms with Gasteiger partial charge < -0.3 is 0 Å². The first-order valence-electron chi connectivity index (χ1n) is 7.62. The number of carbonyl (C=O) groups is 1. The summed E-state index contributed by atoms with van der Waals surface area (Å²) in [4.78, 5) is 12.3. The van der Waals surface area contributed by atoms with Gasteiger partial charge in [0, 0.05) is 12.0 Å². The molecule has 1 heteroatoms. The molecule has 0 spiro atoms. The molecule has 0 saturated carbocycles. The van der Waals surface area contributed by atoms with Crippen LogP contribution in [0, 0.1) is 0 Å². The average molecular weight is 256 g/mol. The van der Waals surface area contributed by atoms with Crippen molar-refractivity contribution in [2.45, 2.75) is 58.8 Å². The smallest absolute Gasteiger partial charge is 0.163 e. The van der Waals surface area contributed by atoms with E-state index in [9.17, 15) is 4.79 Å². The molecule has 0 saturated heterocycles. The lowest BCUT2D eigenvalue weighted by Gasteiger charge is -2.20. The number of hydrogen-bond donors (Lipinski definition) is 0. The molecule has 19 heavy (non-hydrogen) atoms. The Hall–Kier alpha value is -1.37. The molecule has 0 fully saturated rings. The number of ketones is 1. The minimum atomic E-state index is 0.343. The fraction of sp³-hybridized carbons (Fsp3) is 0.500. The molecule has 0 aromatic heterocycles. The summed E-state index contributed by atoms with van der Waals surface area (Å²) in [6.45, 7) is 4.41. The maximum absolute atomic E-state index is 12.3. The summed E-state index contributed by atoms with van der Waals surface area (Å²) in [6, 6.07) is 6.38. The Bertz CT molecular complexity index is 482. The lowest BCUT2D eigenvalue weighted by atomic mass is 9.84. The van der Waals surface area contributed by atoms with Crippen molar-refractivity contribution in [3.8, 4) is 0 Å². The summed E-state index contributed by atoms with van der Waals surface area (Å²) in [6.07, 6.45) is 9.60. The number of carbonyl (C=O) groups excluding carboxylic acids is 1. The van der Waals surface area contributed by atoms with Gasteiger partial charge in [0.2, 0.25) is 0 Å². The van der Waals surface area contributed by atoms with Crippen molar-refractivity contribution in [3.05, 3.63) is 41.0 Å². The van der Waals surface area contributed by atoms with Gasteiger partial charge in [-0.25, -0.2) is 0 Å². The van der Waals surface area contributed by atoms with Gasteiger partial charge in [0.25, 0.3) is 0 Å². The van der Waals surface area contributed by atoms with E-state index in [0.717, 1.165) is 50.5 Å². The summed E-state index contributed by atoms with van der Waals surface area (Å²) in [7, 11) is 0. The van der Waals surface area contributed by atoms with Crippen LogP contribution in [0.25, 0.3) is 5.57 Å².